The second-order valence-corrected chi connectivity index (χ2v) is 8.66. The van der Waals surface area contributed by atoms with E-state index in [1.165, 1.54) is 0 Å². The summed E-state index contributed by atoms with van der Waals surface area (Å²) in [6.45, 7) is 2.58. The van der Waals surface area contributed by atoms with Crippen LogP contribution in [0.5, 0.6) is 0 Å². The van der Waals surface area contributed by atoms with E-state index in [1.807, 2.05) is 25.1 Å². The van der Waals surface area contributed by atoms with Crippen LogP contribution in [0.1, 0.15) is 24.2 Å². The predicted octanol–water partition coefficient (Wildman–Crippen LogP) is 2.24. The first-order valence-electron chi connectivity index (χ1n) is 8.35. The SMILES string of the molecule is Cc1cccc(COCC[C@@H]2CCOC23CN(S(=O)(=O)C(F)(F)F)C3)n1. The van der Waals surface area contributed by atoms with Crippen LogP contribution in [0.15, 0.2) is 18.2 Å². The van der Waals surface area contributed by atoms with E-state index in [0.717, 1.165) is 11.4 Å². The molecule has 0 bridgehead atoms. The van der Waals surface area contributed by atoms with Crippen molar-refractivity contribution in [1.29, 1.82) is 0 Å². The van der Waals surface area contributed by atoms with Crippen molar-refractivity contribution in [3.8, 4) is 0 Å². The van der Waals surface area contributed by atoms with Gasteiger partial charge in [-0.25, -0.2) is 8.42 Å². The van der Waals surface area contributed by atoms with E-state index in [1.54, 1.807) is 0 Å². The molecule has 1 atom stereocenters. The number of ether oxygens (including phenoxy) is 2. The number of hydrogen-bond donors (Lipinski definition) is 0. The molecule has 10 heteroatoms. The predicted molar refractivity (Wildman–Crippen MR) is 86.6 cm³/mol. The molecule has 6 nitrogen and oxygen atoms in total. The van der Waals surface area contributed by atoms with Crippen molar-refractivity contribution in [3.63, 3.8) is 0 Å². The van der Waals surface area contributed by atoms with Crippen molar-refractivity contribution in [1.82, 2.24) is 9.29 Å². The molecule has 1 aromatic rings. The zero-order valence-electron chi connectivity index (χ0n) is 14.3. The Hall–Kier alpha value is -1.23. The van der Waals surface area contributed by atoms with Crippen molar-refractivity contribution >= 4 is 10.0 Å². The summed E-state index contributed by atoms with van der Waals surface area (Å²) in [5.74, 6) is -0.0207. The van der Waals surface area contributed by atoms with Gasteiger partial charge in [0.05, 0.1) is 17.9 Å². The molecule has 2 aliphatic heterocycles. The summed E-state index contributed by atoms with van der Waals surface area (Å²) in [6.07, 6.45) is 1.29. The van der Waals surface area contributed by atoms with Crippen molar-refractivity contribution < 1.29 is 31.1 Å². The van der Waals surface area contributed by atoms with Gasteiger partial charge in [0.1, 0.15) is 0 Å². The zero-order chi connectivity index (χ0) is 19.0. The van der Waals surface area contributed by atoms with Crippen molar-refractivity contribution in [2.45, 2.75) is 37.5 Å². The second kappa shape index (κ2) is 7.06. The summed E-state index contributed by atoms with van der Waals surface area (Å²) in [4.78, 5) is 4.33. The molecule has 0 aliphatic carbocycles. The number of nitrogens with zero attached hydrogens (tertiary/aromatic N) is 2. The molecule has 0 amide bonds. The minimum atomic E-state index is -5.28. The van der Waals surface area contributed by atoms with E-state index in [9.17, 15) is 21.6 Å². The summed E-state index contributed by atoms with van der Waals surface area (Å²) >= 11 is 0. The molecule has 0 radical (unpaired) electrons. The van der Waals surface area contributed by atoms with Gasteiger partial charge in [0, 0.05) is 32.0 Å². The first kappa shape index (κ1) is 19.5. The molecular weight excluding hydrogens is 373 g/mol. The molecule has 1 spiro atoms. The number of hydrogen-bond acceptors (Lipinski definition) is 5. The highest BCUT2D eigenvalue weighted by atomic mass is 32.2. The number of pyridine rings is 1. The Morgan fingerprint density at radius 1 is 1.38 bits per heavy atom. The molecule has 0 unspecified atom stereocenters. The van der Waals surface area contributed by atoms with Crippen LogP contribution in [0.25, 0.3) is 0 Å². The van der Waals surface area contributed by atoms with E-state index in [0.29, 0.717) is 37.0 Å². The number of rotatable bonds is 6. The fourth-order valence-electron chi connectivity index (χ4n) is 3.49. The Labute approximate surface area is 150 Å². The van der Waals surface area contributed by atoms with E-state index >= 15 is 0 Å². The third-order valence-electron chi connectivity index (χ3n) is 4.93. The van der Waals surface area contributed by atoms with E-state index < -0.39 is 21.1 Å². The average Bonchev–Trinajstić information content (AvgIpc) is 2.93. The van der Waals surface area contributed by atoms with Gasteiger partial charge < -0.3 is 9.47 Å². The summed E-state index contributed by atoms with van der Waals surface area (Å²) in [6, 6.07) is 5.64. The highest BCUT2D eigenvalue weighted by Gasteiger charge is 2.61. The third-order valence-corrected chi connectivity index (χ3v) is 6.45. The molecule has 2 saturated heterocycles. The first-order chi connectivity index (χ1) is 12.1. The molecule has 0 aromatic carbocycles. The number of aromatic nitrogens is 1. The summed E-state index contributed by atoms with van der Waals surface area (Å²) in [7, 11) is -5.28. The number of aryl methyl sites for hydroxylation is 1. The monoisotopic (exact) mass is 394 g/mol. The fourth-order valence-corrected chi connectivity index (χ4v) is 4.56. The lowest BCUT2D eigenvalue weighted by molar-refractivity contribution is -0.115. The summed E-state index contributed by atoms with van der Waals surface area (Å²) in [5.41, 5.74) is -4.38. The highest BCUT2D eigenvalue weighted by molar-refractivity contribution is 7.90. The molecule has 0 saturated carbocycles. The lowest BCUT2D eigenvalue weighted by Gasteiger charge is -2.49. The van der Waals surface area contributed by atoms with Crippen LogP contribution in [0, 0.1) is 12.8 Å². The standard InChI is InChI=1S/C16H21F3N2O4S/c1-12-3-2-4-14(20-12)9-24-7-5-13-6-8-25-15(13)10-21(11-15)26(22,23)16(17,18)19/h2-4,13H,5-11H2,1H3/t13-/m1/s1. The largest absolute Gasteiger partial charge is 0.511 e. The Morgan fingerprint density at radius 2 is 2.12 bits per heavy atom. The van der Waals surface area contributed by atoms with E-state index in [4.69, 9.17) is 9.47 Å². The van der Waals surface area contributed by atoms with Crippen LogP contribution >= 0.6 is 0 Å². The summed E-state index contributed by atoms with van der Waals surface area (Å²) in [5, 5.41) is 0. The van der Waals surface area contributed by atoms with Gasteiger partial charge >= 0.3 is 15.5 Å². The quantitative estimate of drug-likeness (QED) is 0.693. The lowest BCUT2D eigenvalue weighted by Crippen LogP contribution is -2.67. The van der Waals surface area contributed by atoms with Crippen molar-refractivity contribution in [2.75, 3.05) is 26.3 Å². The molecule has 146 valence electrons. The molecule has 26 heavy (non-hydrogen) atoms. The van der Waals surface area contributed by atoms with Gasteiger partial charge in [0.2, 0.25) is 0 Å². The van der Waals surface area contributed by atoms with Crippen molar-refractivity contribution in [3.05, 3.63) is 29.6 Å². The maximum atomic E-state index is 12.6. The van der Waals surface area contributed by atoms with Gasteiger partial charge in [-0.3, -0.25) is 4.98 Å². The number of halogens is 3. The van der Waals surface area contributed by atoms with E-state index in [2.05, 4.69) is 4.98 Å². The Balaban J connectivity index is 1.49. The molecule has 1 aromatic heterocycles. The van der Waals surface area contributed by atoms with Crippen molar-refractivity contribution in [2.24, 2.45) is 5.92 Å². The molecule has 3 rings (SSSR count). The van der Waals surface area contributed by atoms with Gasteiger partial charge in [0.15, 0.2) is 0 Å². The lowest BCUT2D eigenvalue weighted by atomic mass is 9.80. The highest BCUT2D eigenvalue weighted by Crippen LogP contribution is 2.44. The Morgan fingerprint density at radius 3 is 2.77 bits per heavy atom. The number of sulfonamides is 1. The van der Waals surface area contributed by atoms with E-state index in [-0.39, 0.29) is 19.0 Å². The van der Waals surface area contributed by atoms with Gasteiger partial charge in [-0.05, 0) is 37.8 Å². The topological polar surface area (TPSA) is 68.7 Å². The molecule has 2 fully saturated rings. The van der Waals surface area contributed by atoms with Crippen LogP contribution in [0.2, 0.25) is 0 Å². The first-order valence-corrected chi connectivity index (χ1v) is 9.79. The minimum Gasteiger partial charge on any atom is -0.375 e. The van der Waals surface area contributed by atoms with Crippen LogP contribution < -0.4 is 0 Å². The van der Waals surface area contributed by atoms with Gasteiger partial charge in [-0.15, -0.1) is 0 Å². The minimum absolute atomic E-state index is 0.0207. The van der Waals surface area contributed by atoms with Crippen LogP contribution in [-0.2, 0) is 26.1 Å². The molecule has 2 aliphatic rings. The van der Waals surface area contributed by atoms with Gasteiger partial charge in [-0.1, -0.05) is 6.07 Å². The Bertz CT molecular complexity index is 748. The third kappa shape index (κ3) is 3.73. The maximum Gasteiger partial charge on any atom is 0.511 e. The van der Waals surface area contributed by atoms with Crippen LogP contribution in [-0.4, -0.2) is 55.1 Å². The zero-order valence-corrected chi connectivity index (χ0v) is 15.1. The smallest absolute Gasteiger partial charge is 0.375 e. The van der Waals surface area contributed by atoms with Gasteiger partial charge in [0.25, 0.3) is 0 Å². The summed E-state index contributed by atoms with van der Waals surface area (Å²) < 4.78 is 72.4. The normalized spacial score (nSPS) is 23.3. The fraction of sp³-hybridized carbons (Fsp3) is 0.688. The average molecular weight is 394 g/mol. The molecule has 3 heterocycles. The number of alkyl halides is 3. The second-order valence-electron chi connectivity index (χ2n) is 6.73. The van der Waals surface area contributed by atoms with Crippen LogP contribution in [0.3, 0.4) is 0 Å². The Kier molecular flexibility index (Phi) is 5.31. The molecule has 0 N–H and O–H groups in total. The molecular formula is C16H21F3N2O4S. The van der Waals surface area contributed by atoms with Gasteiger partial charge in [-0.2, -0.15) is 17.5 Å². The van der Waals surface area contributed by atoms with Crippen LogP contribution in [0.4, 0.5) is 13.2 Å². The maximum absolute atomic E-state index is 12.6.